The van der Waals surface area contributed by atoms with Gasteiger partial charge in [-0.1, -0.05) is 13.8 Å². The Morgan fingerprint density at radius 3 is 2.75 bits per heavy atom. The van der Waals surface area contributed by atoms with E-state index in [4.69, 9.17) is 0 Å². The Morgan fingerprint density at radius 2 is 2.25 bits per heavy atom. The molecule has 1 N–H and O–H groups in total. The topological polar surface area (TPSA) is 54.4 Å². The van der Waals surface area contributed by atoms with Gasteiger partial charge in [0.05, 0.1) is 6.10 Å². The van der Waals surface area contributed by atoms with E-state index < -0.39 is 11.5 Å². The van der Waals surface area contributed by atoms with Crippen molar-refractivity contribution in [2.45, 2.75) is 26.4 Å². The highest BCUT2D eigenvalue weighted by Crippen LogP contribution is 2.33. The molecule has 1 atom stereocenters. The van der Waals surface area contributed by atoms with Crippen molar-refractivity contribution in [3.8, 4) is 0 Å². The minimum absolute atomic E-state index is 0.0904. The number of hydrogen-bond acceptors (Lipinski definition) is 3. The largest absolute Gasteiger partial charge is 0.388 e. The van der Waals surface area contributed by atoms with Crippen LogP contribution in [0.25, 0.3) is 0 Å². The molecule has 0 aromatic heterocycles. The molecule has 66 valence electrons. The molecule has 0 amide bonds. The van der Waals surface area contributed by atoms with Crippen molar-refractivity contribution in [1.29, 1.82) is 0 Å². The smallest absolute Gasteiger partial charge is 0.156 e. The van der Waals surface area contributed by atoms with E-state index in [1.165, 1.54) is 6.08 Å². The number of aldehydes is 1. The standard InChI is InChI=1S/C9H12O3/c1-9(2)4-7(11)3-6(5-10)8(9)12/h3,5,8,12H,4H2,1-2H3. The Morgan fingerprint density at radius 1 is 1.67 bits per heavy atom. The van der Waals surface area contributed by atoms with Crippen LogP contribution in [0.15, 0.2) is 11.6 Å². The summed E-state index contributed by atoms with van der Waals surface area (Å²) in [7, 11) is 0. The van der Waals surface area contributed by atoms with Crippen LogP contribution in [-0.2, 0) is 9.59 Å². The van der Waals surface area contributed by atoms with E-state index in [2.05, 4.69) is 0 Å². The third-order valence-electron chi connectivity index (χ3n) is 2.15. The predicted molar refractivity (Wildman–Crippen MR) is 43.6 cm³/mol. The van der Waals surface area contributed by atoms with Gasteiger partial charge in [-0.3, -0.25) is 9.59 Å². The molecule has 0 fully saturated rings. The lowest BCUT2D eigenvalue weighted by molar-refractivity contribution is -0.120. The summed E-state index contributed by atoms with van der Waals surface area (Å²) in [6, 6.07) is 0. The van der Waals surface area contributed by atoms with E-state index in [1.807, 2.05) is 0 Å². The Bertz CT molecular complexity index is 250. The van der Waals surface area contributed by atoms with Crippen molar-refractivity contribution >= 4 is 12.1 Å². The molecule has 3 nitrogen and oxygen atoms in total. The zero-order valence-corrected chi connectivity index (χ0v) is 7.20. The molecule has 0 heterocycles. The third kappa shape index (κ3) is 1.46. The van der Waals surface area contributed by atoms with Gasteiger partial charge in [0.2, 0.25) is 0 Å². The van der Waals surface area contributed by atoms with Gasteiger partial charge in [-0.2, -0.15) is 0 Å². The lowest BCUT2D eigenvalue weighted by Gasteiger charge is -2.32. The number of hydrogen-bond donors (Lipinski definition) is 1. The molecule has 0 aromatic rings. The zero-order chi connectivity index (χ0) is 9.35. The maximum atomic E-state index is 11.0. The molecule has 0 saturated heterocycles. The summed E-state index contributed by atoms with van der Waals surface area (Å²) >= 11 is 0. The molecular weight excluding hydrogens is 156 g/mol. The first-order valence-electron chi connectivity index (χ1n) is 3.85. The number of aliphatic hydroxyl groups is 1. The molecule has 12 heavy (non-hydrogen) atoms. The predicted octanol–water partition coefficient (Wildman–Crippen LogP) is 0.472. The maximum Gasteiger partial charge on any atom is 0.156 e. The second kappa shape index (κ2) is 2.83. The van der Waals surface area contributed by atoms with Crippen LogP contribution >= 0.6 is 0 Å². The van der Waals surface area contributed by atoms with Crippen molar-refractivity contribution in [3.05, 3.63) is 11.6 Å². The molecule has 0 radical (unpaired) electrons. The van der Waals surface area contributed by atoms with E-state index in [0.29, 0.717) is 12.7 Å². The van der Waals surface area contributed by atoms with Crippen molar-refractivity contribution in [1.82, 2.24) is 0 Å². The second-order valence-electron chi connectivity index (χ2n) is 3.80. The quantitative estimate of drug-likeness (QED) is 0.579. The summed E-state index contributed by atoms with van der Waals surface area (Å²) in [6.07, 6.45) is 1.26. The molecule has 0 spiro atoms. The number of rotatable bonds is 1. The van der Waals surface area contributed by atoms with Gasteiger partial charge in [-0.05, 0) is 6.08 Å². The summed E-state index contributed by atoms with van der Waals surface area (Å²) in [5.41, 5.74) is -0.321. The highest BCUT2D eigenvalue weighted by Gasteiger charge is 2.36. The number of carbonyl (C=O) groups is 2. The SMILES string of the molecule is CC1(C)CC(=O)C=C(C=O)C1O. The van der Waals surface area contributed by atoms with Gasteiger partial charge < -0.3 is 5.11 Å². The fourth-order valence-electron chi connectivity index (χ4n) is 1.41. The van der Waals surface area contributed by atoms with E-state index in [0.717, 1.165) is 0 Å². The number of carbonyl (C=O) groups excluding carboxylic acids is 2. The van der Waals surface area contributed by atoms with Gasteiger partial charge in [-0.25, -0.2) is 0 Å². The van der Waals surface area contributed by atoms with E-state index >= 15 is 0 Å². The summed E-state index contributed by atoms with van der Waals surface area (Å²) in [6.45, 7) is 3.54. The van der Waals surface area contributed by atoms with Crippen LogP contribution in [0.2, 0.25) is 0 Å². The first-order chi connectivity index (χ1) is 5.47. The fraction of sp³-hybridized carbons (Fsp3) is 0.556. The van der Waals surface area contributed by atoms with Crippen LogP contribution in [0.5, 0.6) is 0 Å². The van der Waals surface area contributed by atoms with Crippen molar-refractivity contribution in [3.63, 3.8) is 0 Å². The molecule has 3 heteroatoms. The lowest BCUT2D eigenvalue weighted by atomic mass is 9.74. The van der Waals surface area contributed by atoms with Gasteiger partial charge in [0.25, 0.3) is 0 Å². The van der Waals surface area contributed by atoms with Gasteiger partial charge >= 0.3 is 0 Å². The van der Waals surface area contributed by atoms with Crippen LogP contribution < -0.4 is 0 Å². The maximum absolute atomic E-state index is 11.0. The molecule has 0 bridgehead atoms. The minimum atomic E-state index is -0.812. The first kappa shape index (κ1) is 9.13. The Kier molecular flexibility index (Phi) is 2.15. The highest BCUT2D eigenvalue weighted by molar-refractivity contribution is 5.97. The lowest BCUT2D eigenvalue weighted by Crippen LogP contribution is -2.37. The van der Waals surface area contributed by atoms with Crippen LogP contribution in [-0.4, -0.2) is 23.3 Å². The summed E-state index contributed by atoms with van der Waals surface area (Å²) in [5.74, 6) is -0.0904. The number of allylic oxidation sites excluding steroid dienone is 1. The average Bonchev–Trinajstić information content (AvgIpc) is 1.96. The molecule has 1 aliphatic rings. The normalized spacial score (nSPS) is 28.1. The Hall–Kier alpha value is -0.960. The summed E-state index contributed by atoms with van der Waals surface area (Å²) < 4.78 is 0. The Labute approximate surface area is 71.1 Å². The first-order valence-corrected chi connectivity index (χ1v) is 3.85. The molecule has 1 unspecified atom stereocenters. The molecule has 1 rings (SSSR count). The second-order valence-corrected chi connectivity index (χ2v) is 3.80. The van der Waals surface area contributed by atoms with E-state index in [1.54, 1.807) is 13.8 Å². The van der Waals surface area contributed by atoms with Crippen LogP contribution in [0, 0.1) is 5.41 Å². The average molecular weight is 168 g/mol. The van der Waals surface area contributed by atoms with E-state index in [-0.39, 0.29) is 11.4 Å². The number of ketones is 1. The monoisotopic (exact) mass is 168 g/mol. The molecule has 0 aromatic carbocycles. The van der Waals surface area contributed by atoms with Gasteiger partial charge in [0, 0.05) is 17.4 Å². The Balaban J connectivity index is 3.03. The molecule has 1 aliphatic carbocycles. The van der Waals surface area contributed by atoms with Crippen LogP contribution in [0.1, 0.15) is 20.3 Å². The van der Waals surface area contributed by atoms with Gasteiger partial charge in [0.1, 0.15) is 6.29 Å². The van der Waals surface area contributed by atoms with Crippen LogP contribution in [0.3, 0.4) is 0 Å². The van der Waals surface area contributed by atoms with Gasteiger partial charge in [-0.15, -0.1) is 0 Å². The van der Waals surface area contributed by atoms with Crippen LogP contribution in [0.4, 0.5) is 0 Å². The fourth-order valence-corrected chi connectivity index (χ4v) is 1.41. The van der Waals surface area contributed by atoms with Crippen molar-refractivity contribution < 1.29 is 14.7 Å². The van der Waals surface area contributed by atoms with Crippen molar-refractivity contribution in [2.75, 3.05) is 0 Å². The summed E-state index contributed by atoms with van der Waals surface area (Å²) in [5, 5.41) is 9.56. The molecular formula is C9H12O3. The molecule has 0 aliphatic heterocycles. The highest BCUT2D eigenvalue weighted by atomic mass is 16.3. The molecule has 0 saturated carbocycles. The van der Waals surface area contributed by atoms with Crippen molar-refractivity contribution in [2.24, 2.45) is 5.41 Å². The minimum Gasteiger partial charge on any atom is -0.388 e. The van der Waals surface area contributed by atoms with Gasteiger partial charge in [0.15, 0.2) is 5.78 Å². The summed E-state index contributed by atoms with van der Waals surface area (Å²) in [4.78, 5) is 21.5. The third-order valence-corrected chi connectivity index (χ3v) is 2.15. The van der Waals surface area contributed by atoms with E-state index in [9.17, 15) is 14.7 Å². The zero-order valence-electron chi connectivity index (χ0n) is 7.20. The number of aliphatic hydroxyl groups excluding tert-OH is 1.